The number of fused-ring (bicyclic) bond motifs is 2. The lowest BCUT2D eigenvalue weighted by atomic mass is 9.78. The third-order valence-corrected chi connectivity index (χ3v) is 12.3. The zero-order chi connectivity index (χ0) is 46.0. The summed E-state index contributed by atoms with van der Waals surface area (Å²) in [5.41, 5.74) is 3.65. The van der Waals surface area contributed by atoms with Gasteiger partial charge in [0.25, 0.3) is 11.8 Å². The molecule has 0 saturated carbocycles. The zero-order valence-corrected chi connectivity index (χ0v) is 37.3. The molecule has 16 heteroatoms. The van der Waals surface area contributed by atoms with Crippen molar-refractivity contribution in [2.75, 3.05) is 13.2 Å². The fourth-order valence-corrected chi connectivity index (χ4v) is 8.89. The molecule has 0 aliphatic carbocycles. The minimum absolute atomic E-state index is 0.0327. The van der Waals surface area contributed by atoms with Crippen molar-refractivity contribution in [3.05, 3.63) is 165 Å². The van der Waals surface area contributed by atoms with Crippen molar-refractivity contribution in [3.8, 4) is 0 Å². The average molecular weight is 898 g/mol. The Morgan fingerprint density at radius 3 is 2.06 bits per heavy atom. The molecule has 65 heavy (non-hydrogen) atoms. The van der Waals surface area contributed by atoms with Crippen LogP contribution in [0.15, 0.2) is 115 Å². The van der Waals surface area contributed by atoms with Crippen molar-refractivity contribution in [2.45, 2.75) is 83.1 Å². The average Bonchev–Trinajstić information content (AvgIpc) is 4.01. The van der Waals surface area contributed by atoms with Crippen LogP contribution in [-0.4, -0.2) is 89.8 Å². The van der Waals surface area contributed by atoms with Crippen LogP contribution >= 0.6 is 11.6 Å². The van der Waals surface area contributed by atoms with Crippen LogP contribution in [0, 0.1) is 6.92 Å². The predicted octanol–water partition coefficient (Wildman–Crippen LogP) is 4.32. The summed E-state index contributed by atoms with van der Waals surface area (Å²) in [6.07, 6.45) is -0.296. The van der Waals surface area contributed by atoms with Crippen LogP contribution in [0.1, 0.15) is 87.7 Å². The van der Waals surface area contributed by atoms with Gasteiger partial charge in [0.15, 0.2) is 5.60 Å². The molecule has 0 radical (unpaired) electrons. The van der Waals surface area contributed by atoms with Crippen LogP contribution < -0.4 is 21.6 Å². The number of likely N-dealkylation sites (tertiary alicyclic amines) is 1. The number of ether oxygens (including phenoxy) is 2. The maximum absolute atomic E-state index is 14.7. The molecule has 3 aliphatic rings. The molecule has 5 aromatic carbocycles. The fraction of sp³-hybridized carbons (Fsp3) is 0.306. The Labute approximate surface area is 383 Å². The third-order valence-electron chi connectivity index (χ3n) is 12.0. The molecule has 1 fully saturated rings. The lowest BCUT2D eigenvalue weighted by molar-refractivity contribution is -0.155. The lowest BCUT2D eigenvalue weighted by Gasteiger charge is -2.36. The molecule has 4 atom stereocenters. The maximum Gasteiger partial charge on any atom is 0.491 e. The maximum atomic E-state index is 14.7. The fourth-order valence-electron chi connectivity index (χ4n) is 8.62. The highest BCUT2D eigenvalue weighted by molar-refractivity contribution is 6.62. The van der Waals surface area contributed by atoms with Gasteiger partial charge in [-0.1, -0.05) is 102 Å². The summed E-state index contributed by atoms with van der Waals surface area (Å²) >= 11 is 6.93. The number of nitrogens with one attached hydrogen (secondary N) is 2. The highest BCUT2D eigenvalue weighted by atomic mass is 35.5. The molecule has 3 heterocycles. The molecule has 8 rings (SSSR count). The Morgan fingerprint density at radius 1 is 0.815 bits per heavy atom. The minimum Gasteiger partial charge on any atom is -0.444 e. The SMILES string of the molecule is Cc1ccc(C(OC(=O)C[C@@H](COC(C)(C)C)NC(=O)[C@@H]2C[C@@H](NC(=O)c3ccc4c(c3)B(O)OC4)CN2C(=O)c2ccc3c(c2)B(O)OC3)(c2ccccc2)c2ccccc2Cl)cc1. The number of carbonyl (C=O) groups excluding carboxylic acids is 4. The molecule has 3 aliphatic heterocycles. The molecule has 1 unspecified atom stereocenters. The molecular weight excluding hydrogens is 848 g/mol. The number of benzene rings is 5. The van der Waals surface area contributed by atoms with Gasteiger partial charge in [-0.15, -0.1) is 0 Å². The Morgan fingerprint density at radius 2 is 1.42 bits per heavy atom. The van der Waals surface area contributed by atoms with Crippen molar-refractivity contribution in [3.63, 3.8) is 0 Å². The van der Waals surface area contributed by atoms with Gasteiger partial charge in [0.2, 0.25) is 5.91 Å². The second-order valence-corrected chi connectivity index (χ2v) is 18.1. The first-order chi connectivity index (χ1) is 31.1. The summed E-state index contributed by atoms with van der Waals surface area (Å²) in [5.74, 6) is -2.21. The van der Waals surface area contributed by atoms with Gasteiger partial charge in [-0.3, -0.25) is 19.2 Å². The molecular formula is C49H50B2ClN3O10. The van der Waals surface area contributed by atoms with Crippen molar-refractivity contribution in [1.82, 2.24) is 15.5 Å². The van der Waals surface area contributed by atoms with Crippen LogP contribution in [-0.2, 0) is 47.2 Å². The number of hydrogen-bond donors (Lipinski definition) is 4. The molecule has 1 saturated heterocycles. The zero-order valence-electron chi connectivity index (χ0n) is 36.6. The van der Waals surface area contributed by atoms with E-state index in [1.165, 1.54) is 4.90 Å². The van der Waals surface area contributed by atoms with Gasteiger partial charge in [0.05, 0.1) is 37.9 Å². The number of amides is 3. The monoisotopic (exact) mass is 897 g/mol. The van der Waals surface area contributed by atoms with E-state index in [9.17, 15) is 29.2 Å². The highest BCUT2D eigenvalue weighted by Crippen LogP contribution is 2.44. The summed E-state index contributed by atoms with van der Waals surface area (Å²) < 4.78 is 23.5. The second-order valence-electron chi connectivity index (χ2n) is 17.7. The van der Waals surface area contributed by atoms with E-state index in [0.29, 0.717) is 32.6 Å². The third kappa shape index (κ3) is 9.91. The summed E-state index contributed by atoms with van der Waals surface area (Å²) in [6.45, 7) is 7.84. The minimum atomic E-state index is -1.50. The number of nitrogens with zero attached hydrogens (tertiary/aromatic N) is 1. The number of halogens is 1. The Hall–Kier alpha value is -5.80. The Kier molecular flexibility index (Phi) is 13.4. The van der Waals surface area contributed by atoms with Crippen molar-refractivity contribution < 1.29 is 48.0 Å². The van der Waals surface area contributed by atoms with Crippen LogP contribution in [0.5, 0.6) is 0 Å². The smallest absolute Gasteiger partial charge is 0.444 e. The summed E-state index contributed by atoms with van der Waals surface area (Å²) in [6, 6.07) is 31.3. The molecule has 5 aromatic rings. The van der Waals surface area contributed by atoms with Crippen molar-refractivity contribution >= 4 is 60.5 Å². The highest BCUT2D eigenvalue weighted by Gasteiger charge is 2.45. The van der Waals surface area contributed by atoms with E-state index in [4.69, 9.17) is 30.4 Å². The summed E-state index contributed by atoms with van der Waals surface area (Å²) in [4.78, 5) is 58.8. The predicted molar refractivity (Wildman–Crippen MR) is 246 cm³/mol. The standard InChI is InChI=1S/C49H50B2ClN3O10/c1-30-14-20-36(21-15-30)49(35-10-6-5-7-11-35,39-12-8-9-13-42(39)52)65-44(56)25-38(29-62-48(2,3)4)54-46(58)43-24-37(53-45(57)31-16-18-33-27-63-50(60)40(33)22-31)26-55(43)47(59)32-17-19-34-28-64-51(61)41(34)23-32/h5-23,37-38,43,60-61H,24-29H2,1-4H3,(H,53,57)(H,54,58)/t37-,38+,43+,49?/m1/s1. The molecule has 0 bridgehead atoms. The number of rotatable bonds is 13. The lowest BCUT2D eigenvalue weighted by Crippen LogP contribution is -2.51. The van der Waals surface area contributed by atoms with E-state index in [0.717, 1.165) is 16.7 Å². The molecule has 3 amide bonds. The van der Waals surface area contributed by atoms with Crippen molar-refractivity contribution in [1.29, 1.82) is 0 Å². The quantitative estimate of drug-likeness (QED) is 0.0758. The topological polar surface area (TPSA) is 173 Å². The van der Waals surface area contributed by atoms with Crippen LogP contribution in [0.25, 0.3) is 0 Å². The summed E-state index contributed by atoms with van der Waals surface area (Å²) in [7, 11) is -2.35. The van der Waals surface area contributed by atoms with Crippen LogP contribution in [0.2, 0.25) is 5.02 Å². The van der Waals surface area contributed by atoms with E-state index in [1.54, 1.807) is 48.5 Å². The van der Waals surface area contributed by atoms with Gasteiger partial charge < -0.3 is 44.4 Å². The van der Waals surface area contributed by atoms with E-state index in [2.05, 4.69) is 10.6 Å². The number of hydrogen-bond acceptors (Lipinski definition) is 10. The molecule has 4 N–H and O–H groups in total. The molecule has 0 spiro atoms. The van der Waals surface area contributed by atoms with Gasteiger partial charge in [-0.25, -0.2) is 0 Å². The van der Waals surface area contributed by atoms with E-state index < -0.39 is 67.3 Å². The van der Waals surface area contributed by atoms with E-state index in [1.807, 2.05) is 94.4 Å². The molecule has 334 valence electrons. The first kappa shape index (κ1) is 45.8. The van der Waals surface area contributed by atoms with Gasteiger partial charge in [-0.2, -0.15) is 0 Å². The Bertz CT molecular complexity index is 2590. The van der Waals surface area contributed by atoms with Gasteiger partial charge in [0.1, 0.15) is 6.04 Å². The van der Waals surface area contributed by atoms with Crippen molar-refractivity contribution in [2.24, 2.45) is 0 Å². The number of esters is 1. The first-order valence-electron chi connectivity index (χ1n) is 21.6. The Balaban J connectivity index is 1.09. The van der Waals surface area contributed by atoms with Crippen LogP contribution in [0.4, 0.5) is 0 Å². The molecule has 0 aromatic heterocycles. The van der Waals surface area contributed by atoms with E-state index in [-0.39, 0.29) is 50.3 Å². The number of carbonyl (C=O) groups is 4. The second kappa shape index (κ2) is 19.0. The van der Waals surface area contributed by atoms with Crippen LogP contribution in [0.3, 0.4) is 0 Å². The number of aryl methyl sites for hydroxylation is 1. The van der Waals surface area contributed by atoms with E-state index >= 15 is 0 Å². The van der Waals surface area contributed by atoms with Gasteiger partial charge >= 0.3 is 20.2 Å². The van der Waals surface area contributed by atoms with Gasteiger partial charge in [0, 0.05) is 45.4 Å². The largest absolute Gasteiger partial charge is 0.491 e. The first-order valence-corrected chi connectivity index (χ1v) is 22.0. The molecule has 13 nitrogen and oxygen atoms in total. The summed E-state index contributed by atoms with van der Waals surface area (Å²) in [5, 5.41) is 27.1. The van der Waals surface area contributed by atoms with Gasteiger partial charge in [-0.05, 0) is 86.5 Å². The normalized spacial score (nSPS) is 18.1.